The molecule has 0 aliphatic carbocycles. The molecular formula is C13H13F3N2. The molecule has 1 aliphatic heterocycles. The lowest BCUT2D eigenvalue weighted by atomic mass is 9.97. The smallest absolute Gasteiger partial charge is 0.371 e. The summed E-state index contributed by atoms with van der Waals surface area (Å²) >= 11 is 0. The van der Waals surface area contributed by atoms with Gasteiger partial charge in [-0.1, -0.05) is 12.1 Å². The van der Waals surface area contributed by atoms with Gasteiger partial charge in [-0.2, -0.15) is 18.4 Å². The average molecular weight is 254 g/mol. The van der Waals surface area contributed by atoms with Gasteiger partial charge < -0.3 is 4.90 Å². The number of piperidine rings is 1. The molecule has 18 heavy (non-hydrogen) atoms. The summed E-state index contributed by atoms with van der Waals surface area (Å²) in [6.45, 7) is 1.01. The van der Waals surface area contributed by atoms with Crippen LogP contribution in [0.3, 0.4) is 0 Å². The molecule has 0 amide bonds. The number of hydrogen-bond donors (Lipinski definition) is 0. The van der Waals surface area contributed by atoms with Crippen LogP contribution in [0.5, 0.6) is 0 Å². The summed E-state index contributed by atoms with van der Waals surface area (Å²) in [4.78, 5) is 1.72. The zero-order valence-electron chi connectivity index (χ0n) is 9.74. The standard InChI is InChI=1S/C13H13F3N2/c14-13(15,16)11-3-1-2-4-12(11)18-7-5-10(9-17)6-8-18/h1-4,10H,5-8H2. The molecule has 2 rings (SSSR count). The van der Waals surface area contributed by atoms with Crippen LogP contribution in [-0.4, -0.2) is 13.1 Å². The van der Waals surface area contributed by atoms with E-state index < -0.39 is 11.7 Å². The summed E-state index contributed by atoms with van der Waals surface area (Å²) in [5.74, 6) is -0.0284. The number of rotatable bonds is 1. The molecule has 1 aromatic carbocycles. The first-order valence-electron chi connectivity index (χ1n) is 5.83. The number of hydrogen-bond acceptors (Lipinski definition) is 2. The van der Waals surface area contributed by atoms with Gasteiger partial charge in [-0.15, -0.1) is 0 Å². The zero-order valence-corrected chi connectivity index (χ0v) is 9.74. The van der Waals surface area contributed by atoms with E-state index in [-0.39, 0.29) is 11.6 Å². The van der Waals surface area contributed by atoms with Crippen molar-refractivity contribution < 1.29 is 13.2 Å². The van der Waals surface area contributed by atoms with Crippen LogP contribution in [0.4, 0.5) is 18.9 Å². The Balaban J connectivity index is 2.22. The number of benzene rings is 1. The van der Waals surface area contributed by atoms with E-state index in [1.807, 2.05) is 0 Å². The molecule has 0 aromatic heterocycles. The highest BCUT2D eigenvalue weighted by Crippen LogP contribution is 2.37. The number of alkyl halides is 3. The van der Waals surface area contributed by atoms with Crippen LogP contribution in [0, 0.1) is 17.2 Å². The molecule has 0 N–H and O–H groups in total. The van der Waals surface area contributed by atoms with E-state index in [9.17, 15) is 13.2 Å². The van der Waals surface area contributed by atoms with E-state index >= 15 is 0 Å². The molecule has 0 radical (unpaired) electrons. The van der Waals surface area contributed by atoms with Gasteiger partial charge in [0.2, 0.25) is 0 Å². The molecule has 1 saturated heterocycles. The number of nitriles is 1. The summed E-state index contributed by atoms with van der Waals surface area (Å²) in [7, 11) is 0. The largest absolute Gasteiger partial charge is 0.418 e. The third kappa shape index (κ3) is 2.58. The number of para-hydroxylation sites is 1. The number of anilines is 1. The molecule has 2 nitrogen and oxygen atoms in total. The molecule has 0 unspecified atom stereocenters. The SMILES string of the molecule is N#CC1CCN(c2ccccc2C(F)(F)F)CC1. The van der Waals surface area contributed by atoms with E-state index in [4.69, 9.17) is 5.26 Å². The second-order valence-corrected chi connectivity index (χ2v) is 4.41. The molecule has 1 heterocycles. The van der Waals surface area contributed by atoms with Gasteiger partial charge in [-0.25, -0.2) is 0 Å². The predicted octanol–water partition coefficient (Wildman–Crippen LogP) is 3.45. The lowest BCUT2D eigenvalue weighted by Gasteiger charge is -2.32. The number of halogens is 3. The monoisotopic (exact) mass is 254 g/mol. The predicted molar refractivity (Wildman–Crippen MR) is 62.0 cm³/mol. The van der Waals surface area contributed by atoms with Crippen LogP contribution in [-0.2, 0) is 6.18 Å². The van der Waals surface area contributed by atoms with E-state index in [0.29, 0.717) is 25.9 Å². The Hall–Kier alpha value is -1.70. The minimum atomic E-state index is -4.33. The van der Waals surface area contributed by atoms with Crippen LogP contribution in [0.15, 0.2) is 24.3 Å². The fourth-order valence-electron chi connectivity index (χ4n) is 2.24. The fraction of sp³-hybridized carbons (Fsp3) is 0.462. The summed E-state index contributed by atoms with van der Waals surface area (Å²) in [6.07, 6.45) is -3.08. The van der Waals surface area contributed by atoms with Crippen LogP contribution < -0.4 is 4.90 Å². The van der Waals surface area contributed by atoms with Crippen molar-refractivity contribution in [1.82, 2.24) is 0 Å². The van der Waals surface area contributed by atoms with E-state index in [1.54, 1.807) is 11.0 Å². The van der Waals surface area contributed by atoms with Crippen molar-refractivity contribution in [1.29, 1.82) is 5.26 Å². The highest BCUT2D eigenvalue weighted by Gasteiger charge is 2.35. The Morgan fingerprint density at radius 1 is 1.17 bits per heavy atom. The summed E-state index contributed by atoms with van der Waals surface area (Å²) < 4.78 is 38.6. The Bertz CT molecular complexity index is 454. The molecule has 1 fully saturated rings. The molecule has 1 aliphatic rings. The van der Waals surface area contributed by atoms with Crippen molar-refractivity contribution in [3.8, 4) is 6.07 Å². The Kier molecular flexibility index (Phi) is 3.46. The first-order valence-corrected chi connectivity index (χ1v) is 5.83. The first-order chi connectivity index (χ1) is 8.52. The minimum absolute atomic E-state index is 0.0284. The van der Waals surface area contributed by atoms with Crippen molar-refractivity contribution in [3.63, 3.8) is 0 Å². The molecule has 0 saturated carbocycles. The Morgan fingerprint density at radius 2 is 1.78 bits per heavy atom. The van der Waals surface area contributed by atoms with E-state index in [0.717, 1.165) is 6.07 Å². The van der Waals surface area contributed by atoms with E-state index in [1.165, 1.54) is 12.1 Å². The lowest BCUT2D eigenvalue weighted by molar-refractivity contribution is -0.137. The van der Waals surface area contributed by atoms with Crippen LogP contribution in [0.1, 0.15) is 18.4 Å². The summed E-state index contributed by atoms with van der Waals surface area (Å²) in [5.41, 5.74) is -0.373. The quantitative estimate of drug-likeness (QED) is 0.767. The molecule has 5 heteroatoms. The third-order valence-electron chi connectivity index (χ3n) is 3.23. The Labute approximate surface area is 104 Å². The first kappa shape index (κ1) is 12.7. The van der Waals surface area contributed by atoms with E-state index in [2.05, 4.69) is 6.07 Å². The maximum Gasteiger partial charge on any atom is 0.418 e. The van der Waals surface area contributed by atoms with Gasteiger partial charge in [-0.3, -0.25) is 0 Å². The van der Waals surface area contributed by atoms with Crippen molar-refractivity contribution in [2.75, 3.05) is 18.0 Å². The third-order valence-corrected chi connectivity index (χ3v) is 3.23. The average Bonchev–Trinajstić information content (AvgIpc) is 2.38. The highest BCUT2D eigenvalue weighted by atomic mass is 19.4. The molecule has 1 aromatic rings. The van der Waals surface area contributed by atoms with Crippen molar-refractivity contribution in [3.05, 3.63) is 29.8 Å². The summed E-state index contributed by atoms with van der Waals surface area (Å²) in [5, 5.41) is 8.78. The molecular weight excluding hydrogens is 241 g/mol. The summed E-state index contributed by atoms with van der Waals surface area (Å²) in [6, 6.07) is 7.78. The van der Waals surface area contributed by atoms with Crippen LogP contribution >= 0.6 is 0 Å². The maximum atomic E-state index is 12.9. The van der Waals surface area contributed by atoms with Gasteiger partial charge in [0.15, 0.2) is 0 Å². The topological polar surface area (TPSA) is 27.0 Å². The van der Waals surface area contributed by atoms with Gasteiger partial charge in [-0.05, 0) is 25.0 Å². The van der Waals surface area contributed by atoms with Gasteiger partial charge in [0.1, 0.15) is 0 Å². The van der Waals surface area contributed by atoms with Crippen molar-refractivity contribution >= 4 is 5.69 Å². The number of nitrogens with zero attached hydrogens (tertiary/aromatic N) is 2. The van der Waals surface area contributed by atoms with Gasteiger partial charge in [0, 0.05) is 24.7 Å². The normalized spacial score (nSPS) is 17.6. The molecule has 0 bridgehead atoms. The lowest BCUT2D eigenvalue weighted by Crippen LogP contribution is -2.34. The second kappa shape index (κ2) is 4.89. The Morgan fingerprint density at radius 3 is 2.33 bits per heavy atom. The fourth-order valence-corrected chi connectivity index (χ4v) is 2.24. The van der Waals surface area contributed by atoms with Crippen molar-refractivity contribution in [2.45, 2.75) is 19.0 Å². The minimum Gasteiger partial charge on any atom is -0.371 e. The molecule has 96 valence electrons. The van der Waals surface area contributed by atoms with Crippen LogP contribution in [0.2, 0.25) is 0 Å². The van der Waals surface area contributed by atoms with Gasteiger partial charge in [0.25, 0.3) is 0 Å². The maximum absolute atomic E-state index is 12.9. The van der Waals surface area contributed by atoms with Crippen molar-refractivity contribution in [2.24, 2.45) is 5.92 Å². The van der Waals surface area contributed by atoms with Gasteiger partial charge >= 0.3 is 6.18 Å². The zero-order chi connectivity index (χ0) is 13.2. The second-order valence-electron chi connectivity index (χ2n) is 4.41. The molecule has 0 atom stereocenters. The van der Waals surface area contributed by atoms with Gasteiger partial charge in [0.05, 0.1) is 11.6 Å². The van der Waals surface area contributed by atoms with Crippen LogP contribution in [0.25, 0.3) is 0 Å². The molecule has 0 spiro atoms. The highest BCUT2D eigenvalue weighted by molar-refractivity contribution is 5.55.